The zero-order valence-electron chi connectivity index (χ0n) is 8.65. The molecule has 0 bridgehead atoms. The van der Waals surface area contributed by atoms with Crippen LogP contribution in [0, 0.1) is 5.82 Å². The lowest BCUT2D eigenvalue weighted by Crippen LogP contribution is -2.18. The number of hydrogen-bond donors (Lipinski definition) is 0. The summed E-state index contributed by atoms with van der Waals surface area (Å²) in [6, 6.07) is 4.85. The van der Waals surface area contributed by atoms with Crippen molar-refractivity contribution in [1.82, 2.24) is 4.98 Å². The Balaban J connectivity index is 2.17. The molecule has 0 unspecified atom stereocenters. The second kappa shape index (κ2) is 4.53. The lowest BCUT2D eigenvalue weighted by atomic mass is 10.3. The topological polar surface area (TPSA) is 29.3 Å². The molecular weight excluding hydrogens is 231 g/mol. The molecule has 0 radical (unpaired) electrons. The van der Waals surface area contributed by atoms with Gasteiger partial charge in [0, 0.05) is 13.2 Å². The van der Waals surface area contributed by atoms with Gasteiger partial charge in [0.05, 0.1) is 17.8 Å². The first-order valence-corrected chi connectivity index (χ1v) is 5.09. The van der Waals surface area contributed by atoms with E-state index in [1.807, 2.05) is 6.07 Å². The maximum atomic E-state index is 13.5. The Bertz CT molecular complexity index is 473. The van der Waals surface area contributed by atoms with Crippen molar-refractivity contribution in [3.8, 4) is 0 Å². The molecule has 0 saturated heterocycles. The van der Waals surface area contributed by atoms with Crippen LogP contribution in [0.15, 0.2) is 35.1 Å². The van der Waals surface area contributed by atoms with Crippen LogP contribution in [0.25, 0.3) is 0 Å². The first-order chi connectivity index (χ1) is 7.66. The third-order valence-electron chi connectivity index (χ3n) is 2.12. The summed E-state index contributed by atoms with van der Waals surface area (Å²) >= 11 is 5.62. The summed E-state index contributed by atoms with van der Waals surface area (Å²) in [7, 11) is 1.74. The lowest BCUT2D eigenvalue weighted by molar-refractivity contribution is 0.504. The molecular formula is C11H10ClFN2O. The van der Waals surface area contributed by atoms with Crippen LogP contribution >= 0.6 is 11.6 Å². The van der Waals surface area contributed by atoms with E-state index < -0.39 is 5.82 Å². The van der Waals surface area contributed by atoms with Crippen LogP contribution in [0.4, 0.5) is 10.2 Å². The Hall–Kier alpha value is -1.55. The average molecular weight is 241 g/mol. The minimum Gasteiger partial charge on any atom is -0.467 e. The molecule has 2 aromatic heterocycles. The Kier molecular flexibility index (Phi) is 3.10. The van der Waals surface area contributed by atoms with Gasteiger partial charge in [-0.2, -0.15) is 0 Å². The summed E-state index contributed by atoms with van der Waals surface area (Å²) in [6.07, 6.45) is 2.99. The zero-order chi connectivity index (χ0) is 11.5. The Morgan fingerprint density at radius 3 is 3.00 bits per heavy atom. The molecule has 16 heavy (non-hydrogen) atoms. The highest BCUT2D eigenvalue weighted by Gasteiger charge is 2.11. The van der Waals surface area contributed by atoms with Crippen LogP contribution in [0.2, 0.25) is 5.02 Å². The average Bonchev–Trinajstić information content (AvgIpc) is 2.70. The van der Waals surface area contributed by atoms with Gasteiger partial charge in [0.1, 0.15) is 5.76 Å². The molecule has 2 heterocycles. The summed E-state index contributed by atoms with van der Waals surface area (Å²) in [6.45, 7) is 0.457. The summed E-state index contributed by atoms with van der Waals surface area (Å²) < 4.78 is 18.7. The molecule has 0 aromatic carbocycles. The van der Waals surface area contributed by atoms with Crippen molar-refractivity contribution < 1.29 is 8.81 Å². The molecule has 0 N–H and O–H groups in total. The molecule has 5 heteroatoms. The molecule has 2 aromatic rings. The largest absolute Gasteiger partial charge is 0.467 e. The summed E-state index contributed by atoms with van der Waals surface area (Å²) in [5, 5.41) is 0.285. The highest BCUT2D eigenvalue weighted by molar-refractivity contribution is 6.30. The molecule has 84 valence electrons. The first-order valence-electron chi connectivity index (χ1n) is 4.71. The molecule has 0 atom stereocenters. The van der Waals surface area contributed by atoms with Crippen LogP contribution in [0.1, 0.15) is 5.76 Å². The number of halogens is 2. The normalized spacial score (nSPS) is 10.4. The van der Waals surface area contributed by atoms with Gasteiger partial charge in [-0.1, -0.05) is 11.6 Å². The lowest BCUT2D eigenvalue weighted by Gasteiger charge is -2.17. The van der Waals surface area contributed by atoms with E-state index >= 15 is 0 Å². The molecule has 0 amide bonds. The minimum absolute atomic E-state index is 0.251. The predicted octanol–water partition coefficient (Wildman–Crippen LogP) is 3.10. The smallest absolute Gasteiger partial charge is 0.167 e. The van der Waals surface area contributed by atoms with Crippen LogP contribution < -0.4 is 4.90 Å². The Morgan fingerprint density at radius 1 is 1.56 bits per heavy atom. The van der Waals surface area contributed by atoms with E-state index in [4.69, 9.17) is 16.0 Å². The van der Waals surface area contributed by atoms with Crippen molar-refractivity contribution in [3.05, 3.63) is 47.3 Å². The van der Waals surface area contributed by atoms with E-state index in [1.54, 1.807) is 24.3 Å². The van der Waals surface area contributed by atoms with Gasteiger partial charge in [-0.25, -0.2) is 9.37 Å². The van der Waals surface area contributed by atoms with Crippen molar-refractivity contribution in [1.29, 1.82) is 0 Å². The fourth-order valence-electron chi connectivity index (χ4n) is 1.40. The quantitative estimate of drug-likeness (QED) is 0.826. The van der Waals surface area contributed by atoms with E-state index in [9.17, 15) is 4.39 Å². The van der Waals surface area contributed by atoms with Crippen molar-refractivity contribution in [2.45, 2.75) is 6.54 Å². The van der Waals surface area contributed by atoms with E-state index in [1.165, 1.54) is 12.3 Å². The highest BCUT2D eigenvalue weighted by Crippen LogP contribution is 2.20. The van der Waals surface area contributed by atoms with Crippen molar-refractivity contribution in [3.63, 3.8) is 0 Å². The first kappa shape index (κ1) is 11.0. The molecule has 0 aliphatic rings. The summed E-state index contributed by atoms with van der Waals surface area (Å²) in [5.41, 5.74) is 0. The molecule has 0 aliphatic carbocycles. The third kappa shape index (κ3) is 2.33. The van der Waals surface area contributed by atoms with Gasteiger partial charge in [0.25, 0.3) is 0 Å². The van der Waals surface area contributed by atoms with Crippen LogP contribution in [-0.2, 0) is 6.54 Å². The number of aromatic nitrogens is 1. The monoisotopic (exact) mass is 240 g/mol. The van der Waals surface area contributed by atoms with Crippen molar-refractivity contribution >= 4 is 17.4 Å². The summed E-state index contributed by atoms with van der Waals surface area (Å²) in [4.78, 5) is 5.59. The van der Waals surface area contributed by atoms with E-state index in [0.29, 0.717) is 6.54 Å². The maximum Gasteiger partial charge on any atom is 0.167 e. The molecule has 0 spiro atoms. The molecule has 0 saturated carbocycles. The second-order valence-electron chi connectivity index (χ2n) is 3.39. The second-order valence-corrected chi connectivity index (χ2v) is 3.83. The van der Waals surface area contributed by atoms with Gasteiger partial charge < -0.3 is 9.32 Å². The van der Waals surface area contributed by atoms with Gasteiger partial charge >= 0.3 is 0 Å². The molecule has 3 nitrogen and oxygen atoms in total. The summed E-state index contributed by atoms with van der Waals surface area (Å²) in [5.74, 6) is 0.556. The van der Waals surface area contributed by atoms with Crippen molar-refractivity contribution in [2.24, 2.45) is 0 Å². The number of nitrogens with zero attached hydrogens (tertiary/aromatic N) is 2. The van der Waals surface area contributed by atoms with Crippen LogP contribution in [0.3, 0.4) is 0 Å². The Morgan fingerprint density at radius 2 is 2.38 bits per heavy atom. The zero-order valence-corrected chi connectivity index (χ0v) is 9.41. The van der Waals surface area contributed by atoms with Crippen LogP contribution in [-0.4, -0.2) is 12.0 Å². The molecule has 2 rings (SSSR count). The number of furan rings is 1. The minimum atomic E-state index is -0.443. The Labute approximate surface area is 97.5 Å². The standard InChI is InChI=1S/C11H10ClFN2O/c1-15(7-9-3-2-4-16-9)11-10(13)5-8(12)6-14-11/h2-6H,7H2,1H3. The van der Waals surface area contributed by atoms with Crippen LogP contribution in [0.5, 0.6) is 0 Å². The van der Waals surface area contributed by atoms with E-state index in [-0.39, 0.29) is 10.8 Å². The molecule has 0 aliphatic heterocycles. The van der Waals surface area contributed by atoms with Gasteiger partial charge in [-0.15, -0.1) is 0 Å². The van der Waals surface area contributed by atoms with Gasteiger partial charge in [-0.05, 0) is 18.2 Å². The molecule has 0 fully saturated rings. The number of rotatable bonds is 3. The van der Waals surface area contributed by atoms with Gasteiger partial charge in [-0.3, -0.25) is 0 Å². The number of hydrogen-bond acceptors (Lipinski definition) is 3. The van der Waals surface area contributed by atoms with Gasteiger partial charge in [0.15, 0.2) is 11.6 Å². The predicted molar refractivity (Wildman–Crippen MR) is 60.0 cm³/mol. The van der Waals surface area contributed by atoms with E-state index in [2.05, 4.69) is 4.98 Å². The highest BCUT2D eigenvalue weighted by atomic mass is 35.5. The maximum absolute atomic E-state index is 13.5. The number of pyridine rings is 1. The fourth-order valence-corrected chi connectivity index (χ4v) is 1.54. The number of anilines is 1. The van der Waals surface area contributed by atoms with Crippen molar-refractivity contribution in [2.75, 3.05) is 11.9 Å². The fraction of sp³-hybridized carbons (Fsp3) is 0.182. The third-order valence-corrected chi connectivity index (χ3v) is 2.33. The van der Waals surface area contributed by atoms with Gasteiger partial charge in [0.2, 0.25) is 0 Å². The van der Waals surface area contributed by atoms with E-state index in [0.717, 1.165) is 5.76 Å². The SMILES string of the molecule is CN(Cc1ccco1)c1ncc(Cl)cc1F.